The molecule has 1 atom stereocenters. The van der Waals surface area contributed by atoms with Crippen molar-refractivity contribution in [3.63, 3.8) is 0 Å². The Hall–Kier alpha value is -4.31. The van der Waals surface area contributed by atoms with E-state index in [1.807, 2.05) is 35.4 Å². The van der Waals surface area contributed by atoms with E-state index in [1.54, 1.807) is 24.3 Å². The molecule has 204 valence electrons. The molecule has 1 saturated heterocycles. The van der Waals surface area contributed by atoms with Crippen molar-refractivity contribution < 1.29 is 18.1 Å². The number of nitrogens with zero attached hydrogens (tertiary/aromatic N) is 2. The number of H-pyrrole nitrogens is 1. The Labute approximate surface area is 234 Å². The summed E-state index contributed by atoms with van der Waals surface area (Å²) < 4.78 is 33.2. The summed E-state index contributed by atoms with van der Waals surface area (Å²) in [7, 11) is 0. The number of amides is 1. The van der Waals surface area contributed by atoms with Crippen LogP contribution in [0.4, 0.5) is 14.5 Å². The number of likely N-dealkylation sites (tertiary alicyclic amines) is 1. The van der Waals surface area contributed by atoms with Crippen molar-refractivity contribution >= 4 is 50.8 Å². The van der Waals surface area contributed by atoms with Crippen LogP contribution in [0.15, 0.2) is 77.4 Å². The normalized spacial score (nSPS) is 14.9. The van der Waals surface area contributed by atoms with E-state index in [-0.39, 0.29) is 28.4 Å². The number of carbonyl (C=O) groups excluding carboxylic acids is 1. The molecule has 1 amide bonds. The highest BCUT2D eigenvalue weighted by atomic mass is 32.1. The smallest absolute Gasteiger partial charge is 0.245 e. The number of benzene rings is 3. The van der Waals surface area contributed by atoms with Crippen LogP contribution in [0.1, 0.15) is 30.0 Å². The van der Waals surface area contributed by atoms with Gasteiger partial charge in [-0.2, -0.15) is 0 Å². The molecule has 1 fully saturated rings. The van der Waals surface area contributed by atoms with Crippen molar-refractivity contribution in [2.45, 2.75) is 31.2 Å². The second-order valence-electron chi connectivity index (χ2n) is 10.0. The third-order valence-electron chi connectivity index (χ3n) is 7.48. The Morgan fingerprint density at radius 1 is 1.07 bits per heavy atom. The molecular weight excluding hydrogens is 532 g/mol. The molecular formula is C30H27F2N5O2S. The van der Waals surface area contributed by atoms with Gasteiger partial charge in [0, 0.05) is 54.0 Å². The quantitative estimate of drug-likeness (QED) is 0.225. The Balaban J connectivity index is 1.19. The summed E-state index contributed by atoms with van der Waals surface area (Å²) in [5.41, 5.74) is 3.42. The van der Waals surface area contributed by atoms with Crippen LogP contribution in [0, 0.1) is 11.6 Å². The fraction of sp³-hybridized carbons (Fsp3) is 0.233. The van der Waals surface area contributed by atoms with E-state index in [1.165, 1.54) is 18.2 Å². The maximum Gasteiger partial charge on any atom is 0.245 e. The monoisotopic (exact) mass is 559 g/mol. The van der Waals surface area contributed by atoms with E-state index in [4.69, 9.17) is 16.7 Å². The lowest BCUT2D eigenvalue weighted by molar-refractivity contribution is -0.134. The summed E-state index contributed by atoms with van der Waals surface area (Å²) in [5.74, 6) is -0.795. The van der Waals surface area contributed by atoms with E-state index in [0.29, 0.717) is 37.9 Å². The zero-order chi connectivity index (χ0) is 27.6. The number of thiocarbonyl (C=S) groups is 1. The number of aromatic amines is 1. The van der Waals surface area contributed by atoms with E-state index >= 15 is 0 Å². The summed E-state index contributed by atoms with van der Waals surface area (Å²) in [5, 5.41) is 12.2. The van der Waals surface area contributed by atoms with Crippen LogP contribution in [0.2, 0.25) is 0 Å². The zero-order valence-electron chi connectivity index (χ0n) is 21.5. The maximum absolute atomic E-state index is 14.2. The van der Waals surface area contributed by atoms with Crippen LogP contribution >= 0.6 is 12.2 Å². The maximum atomic E-state index is 14.2. The summed E-state index contributed by atoms with van der Waals surface area (Å²) in [6.07, 6.45) is 3.69. The summed E-state index contributed by atoms with van der Waals surface area (Å²) in [6.45, 7) is 1.05. The highest BCUT2D eigenvalue weighted by Crippen LogP contribution is 2.33. The van der Waals surface area contributed by atoms with Gasteiger partial charge in [0.15, 0.2) is 10.7 Å². The van der Waals surface area contributed by atoms with Gasteiger partial charge in [-0.05, 0) is 61.0 Å². The summed E-state index contributed by atoms with van der Waals surface area (Å²) in [4.78, 5) is 19.0. The van der Waals surface area contributed by atoms with Crippen molar-refractivity contribution in [1.82, 2.24) is 20.4 Å². The number of para-hydroxylation sites is 2. The molecule has 7 nitrogen and oxygen atoms in total. The Kier molecular flexibility index (Phi) is 7.17. The minimum Gasteiger partial charge on any atom is -0.361 e. The predicted molar refractivity (Wildman–Crippen MR) is 154 cm³/mol. The molecule has 3 heterocycles. The average molecular weight is 560 g/mol. The number of nitrogens with one attached hydrogen (secondary N) is 3. The number of anilines is 1. The molecule has 2 aromatic heterocycles. The fourth-order valence-electron chi connectivity index (χ4n) is 5.42. The molecule has 0 saturated carbocycles. The SMILES string of the molecule is O=C([C@H](Cc1c[nH]c2ccccc12)NC(=S)Nc1ccccc1F)N1CCC(c2noc3cc(F)ccc23)CC1. The van der Waals surface area contributed by atoms with Crippen LogP contribution in [0.3, 0.4) is 0 Å². The number of halogens is 2. The van der Waals surface area contributed by atoms with Gasteiger partial charge >= 0.3 is 0 Å². The molecule has 0 spiro atoms. The molecule has 40 heavy (non-hydrogen) atoms. The second kappa shape index (κ2) is 11.1. The van der Waals surface area contributed by atoms with Crippen molar-refractivity contribution in [3.8, 4) is 0 Å². The third-order valence-corrected chi connectivity index (χ3v) is 7.70. The summed E-state index contributed by atoms with van der Waals surface area (Å²) >= 11 is 5.50. The second-order valence-corrected chi connectivity index (χ2v) is 10.4. The van der Waals surface area contributed by atoms with E-state index in [9.17, 15) is 13.6 Å². The average Bonchev–Trinajstić information content (AvgIpc) is 3.57. The first kappa shape index (κ1) is 25.9. The number of piperidine rings is 1. The topological polar surface area (TPSA) is 86.2 Å². The first-order chi connectivity index (χ1) is 19.5. The highest BCUT2D eigenvalue weighted by molar-refractivity contribution is 7.80. The van der Waals surface area contributed by atoms with Crippen LogP contribution in [0.5, 0.6) is 0 Å². The third kappa shape index (κ3) is 5.27. The van der Waals surface area contributed by atoms with Crippen LogP contribution in [-0.4, -0.2) is 45.2 Å². The van der Waals surface area contributed by atoms with Crippen molar-refractivity contribution in [3.05, 3.63) is 95.8 Å². The highest BCUT2D eigenvalue weighted by Gasteiger charge is 2.32. The molecule has 10 heteroatoms. The molecule has 0 radical (unpaired) electrons. The molecule has 1 aliphatic rings. The van der Waals surface area contributed by atoms with Gasteiger partial charge in [-0.3, -0.25) is 4.79 Å². The number of hydrogen-bond acceptors (Lipinski definition) is 4. The Morgan fingerprint density at radius 3 is 2.67 bits per heavy atom. The number of aromatic nitrogens is 2. The predicted octanol–water partition coefficient (Wildman–Crippen LogP) is 5.89. The van der Waals surface area contributed by atoms with E-state index < -0.39 is 11.9 Å². The van der Waals surface area contributed by atoms with Gasteiger partial charge in [0.25, 0.3) is 0 Å². The number of rotatable bonds is 6. The standard InChI is InChI=1S/C30H27F2N5O2S/c31-20-9-10-22-27(16-20)39-36-28(22)18-11-13-37(14-12-18)29(38)26(15-19-17-33-24-7-3-1-5-21(19)24)35-30(40)34-25-8-4-2-6-23(25)32/h1-10,16-18,26,33H,11-15H2,(H2,34,35,40)/t26-/m0/s1. The van der Waals surface area contributed by atoms with Gasteiger partial charge in [0.1, 0.15) is 17.7 Å². The zero-order valence-corrected chi connectivity index (χ0v) is 22.3. The first-order valence-electron chi connectivity index (χ1n) is 13.2. The van der Waals surface area contributed by atoms with Crippen molar-refractivity contribution in [2.24, 2.45) is 0 Å². The molecule has 0 aliphatic carbocycles. The van der Waals surface area contributed by atoms with Crippen LogP contribution < -0.4 is 10.6 Å². The van der Waals surface area contributed by atoms with Gasteiger partial charge < -0.3 is 25.0 Å². The Morgan fingerprint density at radius 2 is 1.85 bits per heavy atom. The number of hydrogen-bond donors (Lipinski definition) is 3. The van der Waals surface area contributed by atoms with Crippen LogP contribution in [0.25, 0.3) is 21.9 Å². The van der Waals surface area contributed by atoms with Gasteiger partial charge in [0.05, 0.1) is 11.4 Å². The lowest BCUT2D eigenvalue weighted by Crippen LogP contribution is -2.52. The largest absolute Gasteiger partial charge is 0.361 e. The Bertz CT molecular complexity index is 1690. The molecule has 3 aromatic carbocycles. The van der Waals surface area contributed by atoms with Crippen LogP contribution in [-0.2, 0) is 11.2 Å². The van der Waals surface area contributed by atoms with E-state index in [2.05, 4.69) is 20.8 Å². The van der Waals surface area contributed by atoms with Crippen molar-refractivity contribution in [1.29, 1.82) is 0 Å². The minimum absolute atomic E-state index is 0.0894. The summed E-state index contributed by atoms with van der Waals surface area (Å²) in [6, 6.07) is 17.9. The molecule has 0 unspecified atom stereocenters. The lowest BCUT2D eigenvalue weighted by atomic mass is 9.91. The van der Waals surface area contributed by atoms with Gasteiger partial charge in [0.2, 0.25) is 5.91 Å². The van der Waals surface area contributed by atoms with Gasteiger partial charge in [-0.15, -0.1) is 0 Å². The molecule has 6 rings (SSSR count). The molecule has 3 N–H and O–H groups in total. The van der Waals surface area contributed by atoms with Gasteiger partial charge in [-0.25, -0.2) is 8.78 Å². The number of carbonyl (C=O) groups is 1. The molecule has 1 aliphatic heterocycles. The van der Waals surface area contributed by atoms with E-state index in [0.717, 1.165) is 27.5 Å². The van der Waals surface area contributed by atoms with Crippen molar-refractivity contribution in [2.75, 3.05) is 18.4 Å². The number of fused-ring (bicyclic) bond motifs is 2. The lowest BCUT2D eigenvalue weighted by Gasteiger charge is -2.34. The molecule has 0 bridgehead atoms. The first-order valence-corrected chi connectivity index (χ1v) is 13.6. The molecule has 5 aromatic rings. The van der Waals surface area contributed by atoms with Gasteiger partial charge in [-0.1, -0.05) is 35.5 Å². The minimum atomic E-state index is -0.668. The fourth-order valence-corrected chi connectivity index (χ4v) is 5.67.